The molecule has 1 aromatic rings. The van der Waals surface area contributed by atoms with E-state index in [0.29, 0.717) is 23.2 Å². The fourth-order valence-electron chi connectivity index (χ4n) is 2.17. The van der Waals surface area contributed by atoms with E-state index >= 15 is 0 Å². The molecule has 0 saturated carbocycles. The van der Waals surface area contributed by atoms with Crippen LogP contribution in [0.1, 0.15) is 12.8 Å². The van der Waals surface area contributed by atoms with Crippen LogP contribution in [-0.4, -0.2) is 37.5 Å². The van der Waals surface area contributed by atoms with Gasteiger partial charge in [-0.15, -0.1) is 0 Å². The minimum Gasteiger partial charge on any atom is -0.396 e. The molecule has 20 heavy (non-hydrogen) atoms. The lowest BCUT2D eigenvalue weighted by Gasteiger charge is -2.31. The molecular formula is C12H16Br2N2O3S. The van der Waals surface area contributed by atoms with Crippen LogP contribution < -0.4 is 4.72 Å². The Kier molecular flexibility index (Phi) is 5.47. The Morgan fingerprint density at radius 3 is 2.80 bits per heavy atom. The van der Waals surface area contributed by atoms with Crippen molar-refractivity contribution in [2.75, 3.05) is 24.4 Å². The number of hydrogen-bond acceptors (Lipinski definition) is 3. The Labute approximate surface area is 135 Å². The highest BCUT2D eigenvalue weighted by Gasteiger charge is 2.28. The number of aliphatic hydroxyl groups excluding tert-OH is 1. The number of rotatable bonds is 4. The Balaban J connectivity index is 2.14. The van der Waals surface area contributed by atoms with Gasteiger partial charge in [0.1, 0.15) is 0 Å². The predicted octanol–water partition coefficient (Wildman–Crippen LogP) is 2.57. The van der Waals surface area contributed by atoms with Gasteiger partial charge in [0.05, 0.1) is 5.69 Å². The second-order valence-corrected chi connectivity index (χ2v) is 8.22. The summed E-state index contributed by atoms with van der Waals surface area (Å²) < 4.78 is 30.2. The molecule has 1 aromatic carbocycles. The molecule has 1 unspecified atom stereocenters. The number of nitrogens with zero attached hydrogens (tertiary/aromatic N) is 1. The maximum Gasteiger partial charge on any atom is 0.301 e. The van der Waals surface area contributed by atoms with Gasteiger partial charge in [0.15, 0.2) is 0 Å². The summed E-state index contributed by atoms with van der Waals surface area (Å²) in [4.78, 5) is 0. The molecule has 0 bridgehead atoms. The zero-order valence-corrected chi connectivity index (χ0v) is 14.7. The summed E-state index contributed by atoms with van der Waals surface area (Å²) in [5.74, 6) is 0.0219. The summed E-state index contributed by atoms with van der Waals surface area (Å²) in [6, 6.07) is 5.25. The second kappa shape index (κ2) is 6.74. The molecule has 0 aliphatic carbocycles. The maximum absolute atomic E-state index is 12.4. The van der Waals surface area contributed by atoms with Crippen molar-refractivity contribution in [1.29, 1.82) is 0 Å². The van der Waals surface area contributed by atoms with Gasteiger partial charge in [-0.3, -0.25) is 4.72 Å². The number of anilines is 1. The summed E-state index contributed by atoms with van der Waals surface area (Å²) in [5, 5.41) is 9.18. The third kappa shape index (κ3) is 3.94. The number of piperidine rings is 1. The van der Waals surface area contributed by atoms with Crippen molar-refractivity contribution >= 4 is 47.8 Å². The van der Waals surface area contributed by atoms with Gasteiger partial charge < -0.3 is 5.11 Å². The number of benzene rings is 1. The van der Waals surface area contributed by atoms with Crippen LogP contribution in [0.2, 0.25) is 0 Å². The lowest BCUT2D eigenvalue weighted by molar-refractivity contribution is 0.166. The van der Waals surface area contributed by atoms with E-state index in [0.717, 1.165) is 17.3 Å². The molecule has 112 valence electrons. The molecule has 1 fully saturated rings. The molecule has 1 aliphatic heterocycles. The van der Waals surface area contributed by atoms with Crippen molar-refractivity contribution < 1.29 is 13.5 Å². The van der Waals surface area contributed by atoms with Gasteiger partial charge in [-0.1, -0.05) is 15.9 Å². The summed E-state index contributed by atoms with van der Waals surface area (Å²) >= 11 is 6.66. The van der Waals surface area contributed by atoms with Crippen LogP contribution in [0.3, 0.4) is 0 Å². The first kappa shape index (κ1) is 16.2. The van der Waals surface area contributed by atoms with E-state index in [1.54, 1.807) is 18.2 Å². The van der Waals surface area contributed by atoms with Crippen LogP contribution >= 0.6 is 31.9 Å². The van der Waals surface area contributed by atoms with Crippen LogP contribution in [0, 0.1) is 5.92 Å². The van der Waals surface area contributed by atoms with Crippen molar-refractivity contribution in [2.45, 2.75) is 12.8 Å². The topological polar surface area (TPSA) is 69.6 Å². The SMILES string of the molecule is O=S(=O)(Nc1ccc(Br)cc1Br)N1CCCC(CO)C1. The first-order valence-corrected chi connectivity index (χ1v) is 9.29. The van der Waals surface area contributed by atoms with E-state index in [9.17, 15) is 13.5 Å². The number of halogens is 2. The molecule has 2 rings (SSSR count). The Morgan fingerprint density at radius 1 is 1.40 bits per heavy atom. The molecular weight excluding hydrogens is 412 g/mol. The molecule has 1 aliphatic rings. The van der Waals surface area contributed by atoms with Crippen molar-refractivity contribution in [3.8, 4) is 0 Å². The quantitative estimate of drug-likeness (QED) is 0.775. The molecule has 1 saturated heterocycles. The van der Waals surface area contributed by atoms with E-state index in [-0.39, 0.29) is 12.5 Å². The molecule has 8 heteroatoms. The molecule has 2 N–H and O–H groups in total. The standard InChI is InChI=1S/C12H16Br2N2O3S/c13-10-3-4-12(11(14)6-10)15-20(18,19)16-5-1-2-9(7-16)8-17/h3-4,6,9,15,17H,1-2,5,7-8H2. The predicted molar refractivity (Wildman–Crippen MR) is 85.8 cm³/mol. The molecule has 0 aromatic heterocycles. The van der Waals surface area contributed by atoms with Gasteiger partial charge in [-0.2, -0.15) is 12.7 Å². The molecule has 0 amide bonds. The highest BCUT2D eigenvalue weighted by molar-refractivity contribution is 9.11. The highest BCUT2D eigenvalue weighted by Crippen LogP contribution is 2.28. The summed E-state index contributed by atoms with van der Waals surface area (Å²) in [6.07, 6.45) is 1.64. The Morgan fingerprint density at radius 2 is 2.15 bits per heavy atom. The van der Waals surface area contributed by atoms with Gasteiger partial charge in [0.2, 0.25) is 0 Å². The number of nitrogens with one attached hydrogen (secondary N) is 1. The molecule has 0 radical (unpaired) electrons. The van der Waals surface area contributed by atoms with Crippen LogP contribution in [-0.2, 0) is 10.2 Å². The van der Waals surface area contributed by atoms with Gasteiger partial charge in [0.25, 0.3) is 0 Å². The second-order valence-electron chi connectivity index (χ2n) is 4.78. The van der Waals surface area contributed by atoms with Crippen molar-refractivity contribution in [3.05, 3.63) is 27.1 Å². The molecule has 5 nitrogen and oxygen atoms in total. The van der Waals surface area contributed by atoms with Crippen LogP contribution in [0.15, 0.2) is 27.1 Å². The van der Waals surface area contributed by atoms with Crippen molar-refractivity contribution in [1.82, 2.24) is 4.31 Å². The summed E-state index contributed by atoms with van der Waals surface area (Å²) in [6.45, 7) is 0.869. The minimum absolute atomic E-state index is 0.0218. The molecule has 0 spiro atoms. The third-order valence-electron chi connectivity index (χ3n) is 3.25. The van der Waals surface area contributed by atoms with Crippen LogP contribution in [0.25, 0.3) is 0 Å². The Bertz CT molecular complexity index is 580. The monoisotopic (exact) mass is 426 g/mol. The van der Waals surface area contributed by atoms with Gasteiger partial charge in [-0.05, 0) is 52.9 Å². The van der Waals surface area contributed by atoms with E-state index < -0.39 is 10.2 Å². The van der Waals surface area contributed by atoms with Crippen molar-refractivity contribution in [2.24, 2.45) is 5.92 Å². The van der Waals surface area contributed by atoms with Crippen LogP contribution in [0.5, 0.6) is 0 Å². The lowest BCUT2D eigenvalue weighted by Crippen LogP contribution is -2.43. The largest absolute Gasteiger partial charge is 0.396 e. The fourth-order valence-corrected chi connectivity index (χ4v) is 4.81. The lowest BCUT2D eigenvalue weighted by atomic mass is 10.0. The average Bonchev–Trinajstić information content (AvgIpc) is 2.42. The molecule has 1 atom stereocenters. The van der Waals surface area contributed by atoms with Crippen LogP contribution in [0.4, 0.5) is 5.69 Å². The average molecular weight is 428 g/mol. The molecule has 1 heterocycles. The van der Waals surface area contributed by atoms with Gasteiger partial charge in [0, 0.05) is 28.6 Å². The van der Waals surface area contributed by atoms with E-state index in [4.69, 9.17) is 0 Å². The zero-order valence-electron chi connectivity index (χ0n) is 10.7. The van der Waals surface area contributed by atoms with Crippen molar-refractivity contribution in [3.63, 3.8) is 0 Å². The first-order valence-electron chi connectivity index (χ1n) is 6.26. The number of aliphatic hydroxyl groups is 1. The summed E-state index contributed by atoms with van der Waals surface area (Å²) in [7, 11) is -3.59. The zero-order chi connectivity index (χ0) is 14.8. The maximum atomic E-state index is 12.4. The Hall–Kier alpha value is -0.150. The third-order valence-corrected chi connectivity index (χ3v) is 5.89. The minimum atomic E-state index is -3.59. The first-order chi connectivity index (χ1) is 9.42. The normalized spacial score (nSPS) is 20.9. The summed E-state index contributed by atoms with van der Waals surface area (Å²) in [5.41, 5.74) is 0.499. The van der Waals surface area contributed by atoms with Gasteiger partial charge >= 0.3 is 10.2 Å². The van der Waals surface area contributed by atoms with E-state index in [1.807, 2.05) is 0 Å². The smallest absolute Gasteiger partial charge is 0.301 e. The van der Waals surface area contributed by atoms with Gasteiger partial charge in [-0.25, -0.2) is 0 Å². The van der Waals surface area contributed by atoms with E-state index in [2.05, 4.69) is 36.6 Å². The fraction of sp³-hybridized carbons (Fsp3) is 0.500. The highest BCUT2D eigenvalue weighted by atomic mass is 79.9. The number of hydrogen-bond donors (Lipinski definition) is 2. The van der Waals surface area contributed by atoms with E-state index in [1.165, 1.54) is 4.31 Å².